The zero-order chi connectivity index (χ0) is 14.4. The summed E-state index contributed by atoms with van der Waals surface area (Å²) in [7, 11) is 0. The number of hydrogen-bond acceptors (Lipinski definition) is 2. The Bertz CT molecular complexity index is 380. The summed E-state index contributed by atoms with van der Waals surface area (Å²) in [6.45, 7) is 14.8. The van der Waals surface area contributed by atoms with E-state index in [4.69, 9.17) is 4.74 Å². The summed E-state index contributed by atoms with van der Waals surface area (Å²) in [6.07, 6.45) is 1.98. The van der Waals surface area contributed by atoms with E-state index < -0.39 is 0 Å². The summed E-state index contributed by atoms with van der Waals surface area (Å²) in [5, 5.41) is 3.51. The average Bonchev–Trinajstić information content (AvgIpc) is 2.37. The van der Waals surface area contributed by atoms with Crippen LogP contribution in [-0.2, 0) is 11.3 Å². The number of hydrogen-bond donors (Lipinski definition) is 1. The molecule has 1 aromatic carbocycles. The summed E-state index contributed by atoms with van der Waals surface area (Å²) in [4.78, 5) is 0. The van der Waals surface area contributed by atoms with Gasteiger partial charge >= 0.3 is 0 Å². The Balaban J connectivity index is 2.41. The van der Waals surface area contributed by atoms with Crippen molar-refractivity contribution in [1.82, 2.24) is 5.32 Å². The Kier molecular flexibility index (Phi) is 5.77. The van der Waals surface area contributed by atoms with Crippen molar-refractivity contribution in [3.8, 4) is 0 Å². The number of nitrogens with one attached hydrogen (secondary N) is 1. The van der Waals surface area contributed by atoms with Crippen molar-refractivity contribution >= 4 is 0 Å². The lowest BCUT2D eigenvalue weighted by atomic mass is 9.90. The lowest BCUT2D eigenvalue weighted by Gasteiger charge is -2.31. The molecule has 1 N–H and O–H groups in total. The van der Waals surface area contributed by atoms with Gasteiger partial charge in [-0.25, -0.2) is 0 Å². The van der Waals surface area contributed by atoms with Crippen LogP contribution in [0.25, 0.3) is 0 Å². The Hall–Kier alpha value is -1.12. The third-order valence-electron chi connectivity index (χ3n) is 3.06. The van der Waals surface area contributed by atoms with Crippen molar-refractivity contribution in [2.45, 2.75) is 39.8 Å². The van der Waals surface area contributed by atoms with Gasteiger partial charge < -0.3 is 10.1 Å². The standard InChI is InChI=1S/C17H27NO/c1-6-17(5,13-18-16(2,3)4)14-19-12-15-10-8-7-9-11-15/h6-11,18H,1,12-14H2,2-5H3. The van der Waals surface area contributed by atoms with Gasteiger partial charge in [-0.05, 0) is 26.3 Å². The van der Waals surface area contributed by atoms with E-state index in [-0.39, 0.29) is 11.0 Å². The Labute approximate surface area is 117 Å². The van der Waals surface area contributed by atoms with Crippen LogP contribution in [0.4, 0.5) is 0 Å². The fourth-order valence-corrected chi connectivity index (χ4v) is 1.63. The molecule has 0 fully saturated rings. The fraction of sp³-hybridized carbons (Fsp3) is 0.529. The van der Waals surface area contributed by atoms with Gasteiger partial charge in [-0.3, -0.25) is 0 Å². The number of rotatable bonds is 7. The molecule has 0 saturated heterocycles. The van der Waals surface area contributed by atoms with Crippen molar-refractivity contribution in [1.29, 1.82) is 0 Å². The molecule has 0 spiro atoms. The summed E-state index contributed by atoms with van der Waals surface area (Å²) in [5.41, 5.74) is 1.28. The highest BCUT2D eigenvalue weighted by atomic mass is 16.5. The molecule has 0 aliphatic carbocycles. The smallest absolute Gasteiger partial charge is 0.0717 e. The molecule has 0 aromatic heterocycles. The minimum atomic E-state index is -0.0396. The van der Waals surface area contributed by atoms with E-state index in [1.165, 1.54) is 5.56 Å². The molecule has 0 aliphatic rings. The molecule has 0 heterocycles. The molecule has 106 valence electrons. The zero-order valence-electron chi connectivity index (χ0n) is 12.7. The second-order valence-corrected chi connectivity index (χ2v) is 6.44. The van der Waals surface area contributed by atoms with Gasteiger partial charge in [0.25, 0.3) is 0 Å². The van der Waals surface area contributed by atoms with Gasteiger partial charge in [-0.1, -0.05) is 43.3 Å². The van der Waals surface area contributed by atoms with E-state index in [0.717, 1.165) is 6.54 Å². The molecule has 0 bridgehead atoms. The third-order valence-corrected chi connectivity index (χ3v) is 3.06. The molecular weight excluding hydrogens is 234 g/mol. The van der Waals surface area contributed by atoms with Crippen molar-refractivity contribution in [2.24, 2.45) is 5.41 Å². The average molecular weight is 261 g/mol. The van der Waals surface area contributed by atoms with Crippen LogP contribution in [-0.4, -0.2) is 18.7 Å². The van der Waals surface area contributed by atoms with Gasteiger partial charge in [0.15, 0.2) is 0 Å². The van der Waals surface area contributed by atoms with E-state index in [2.05, 4.69) is 51.7 Å². The zero-order valence-corrected chi connectivity index (χ0v) is 12.7. The largest absolute Gasteiger partial charge is 0.376 e. The fourth-order valence-electron chi connectivity index (χ4n) is 1.63. The van der Waals surface area contributed by atoms with Crippen LogP contribution < -0.4 is 5.32 Å². The highest BCUT2D eigenvalue weighted by molar-refractivity contribution is 5.13. The van der Waals surface area contributed by atoms with Crippen LogP contribution in [0.1, 0.15) is 33.3 Å². The van der Waals surface area contributed by atoms with Crippen molar-refractivity contribution in [2.75, 3.05) is 13.2 Å². The van der Waals surface area contributed by atoms with E-state index in [1.54, 1.807) is 0 Å². The first kappa shape index (κ1) is 15.9. The quantitative estimate of drug-likeness (QED) is 0.754. The van der Waals surface area contributed by atoms with Crippen molar-refractivity contribution in [3.63, 3.8) is 0 Å². The second kappa shape index (κ2) is 6.88. The summed E-state index contributed by atoms with van der Waals surface area (Å²) >= 11 is 0. The summed E-state index contributed by atoms with van der Waals surface area (Å²) in [5.74, 6) is 0. The first-order valence-electron chi connectivity index (χ1n) is 6.85. The van der Waals surface area contributed by atoms with Crippen LogP contribution in [0.2, 0.25) is 0 Å². The first-order valence-corrected chi connectivity index (χ1v) is 6.85. The molecular formula is C17H27NO. The second-order valence-electron chi connectivity index (χ2n) is 6.44. The third kappa shape index (κ3) is 6.55. The Morgan fingerprint density at radius 1 is 1.16 bits per heavy atom. The van der Waals surface area contributed by atoms with Crippen LogP contribution in [0.5, 0.6) is 0 Å². The minimum absolute atomic E-state index is 0.0396. The van der Waals surface area contributed by atoms with Crippen LogP contribution in [0, 0.1) is 5.41 Å². The minimum Gasteiger partial charge on any atom is -0.376 e. The summed E-state index contributed by atoms with van der Waals surface area (Å²) in [6, 6.07) is 10.3. The maximum absolute atomic E-state index is 5.83. The van der Waals surface area contributed by atoms with E-state index >= 15 is 0 Å². The van der Waals surface area contributed by atoms with E-state index in [1.807, 2.05) is 24.3 Å². The van der Waals surface area contributed by atoms with Crippen LogP contribution in [0.15, 0.2) is 43.0 Å². The summed E-state index contributed by atoms with van der Waals surface area (Å²) < 4.78 is 5.83. The molecule has 0 amide bonds. The van der Waals surface area contributed by atoms with Gasteiger partial charge in [0.1, 0.15) is 0 Å². The highest BCUT2D eigenvalue weighted by Gasteiger charge is 2.23. The molecule has 1 unspecified atom stereocenters. The molecule has 2 heteroatoms. The molecule has 0 saturated carbocycles. The number of ether oxygens (including phenoxy) is 1. The normalized spacial score (nSPS) is 14.9. The molecule has 1 aromatic rings. The van der Waals surface area contributed by atoms with Crippen LogP contribution in [0.3, 0.4) is 0 Å². The van der Waals surface area contributed by atoms with Gasteiger partial charge in [-0.15, -0.1) is 6.58 Å². The highest BCUT2D eigenvalue weighted by Crippen LogP contribution is 2.19. The van der Waals surface area contributed by atoms with E-state index in [9.17, 15) is 0 Å². The number of benzene rings is 1. The molecule has 19 heavy (non-hydrogen) atoms. The predicted molar refractivity (Wildman–Crippen MR) is 82.2 cm³/mol. The SMILES string of the molecule is C=CC(C)(CNC(C)(C)C)COCc1ccccc1. The maximum Gasteiger partial charge on any atom is 0.0717 e. The first-order chi connectivity index (χ1) is 8.85. The Morgan fingerprint density at radius 3 is 2.32 bits per heavy atom. The molecule has 0 radical (unpaired) electrons. The lowest BCUT2D eigenvalue weighted by Crippen LogP contribution is -2.43. The predicted octanol–water partition coefficient (Wildman–Crippen LogP) is 3.78. The van der Waals surface area contributed by atoms with Gasteiger partial charge in [0.05, 0.1) is 13.2 Å². The molecule has 1 rings (SSSR count). The van der Waals surface area contributed by atoms with Gasteiger partial charge in [0, 0.05) is 17.5 Å². The Morgan fingerprint density at radius 2 is 1.79 bits per heavy atom. The van der Waals surface area contributed by atoms with E-state index in [0.29, 0.717) is 13.2 Å². The molecule has 1 atom stereocenters. The molecule has 0 aliphatic heterocycles. The van der Waals surface area contributed by atoms with Gasteiger partial charge in [-0.2, -0.15) is 0 Å². The lowest BCUT2D eigenvalue weighted by molar-refractivity contribution is 0.0615. The van der Waals surface area contributed by atoms with Crippen molar-refractivity contribution in [3.05, 3.63) is 48.6 Å². The monoisotopic (exact) mass is 261 g/mol. The van der Waals surface area contributed by atoms with Gasteiger partial charge in [0.2, 0.25) is 0 Å². The molecule has 2 nitrogen and oxygen atoms in total. The van der Waals surface area contributed by atoms with Crippen molar-refractivity contribution < 1.29 is 4.74 Å². The topological polar surface area (TPSA) is 21.3 Å². The van der Waals surface area contributed by atoms with Crippen LogP contribution >= 0.6 is 0 Å². The maximum atomic E-state index is 5.83.